The van der Waals surface area contributed by atoms with Crippen LogP contribution in [0.25, 0.3) is 0 Å². The van der Waals surface area contributed by atoms with Crippen molar-refractivity contribution >= 4 is 37.8 Å². The number of piperidine rings is 1. The van der Waals surface area contributed by atoms with E-state index in [1.807, 2.05) is 18.2 Å². The van der Waals surface area contributed by atoms with Crippen LogP contribution in [-0.2, 0) is 11.3 Å². The Balaban J connectivity index is 1.83. The largest absolute Gasteiger partial charge is 0.341 e. The van der Waals surface area contributed by atoms with Crippen LogP contribution in [-0.4, -0.2) is 36.6 Å². The molecular weight excluding hydrogens is 518 g/mol. The second-order valence-electron chi connectivity index (χ2n) is 8.07. The van der Waals surface area contributed by atoms with Crippen molar-refractivity contribution in [3.63, 3.8) is 0 Å². The number of carbonyl (C=O) groups excluding carboxylic acids is 1. The summed E-state index contributed by atoms with van der Waals surface area (Å²) < 4.78 is 31.5. The normalized spacial score (nSPS) is 16.9. The van der Waals surface area contributed by atoms with Gasteiger partial charge in [-0.15, -0.1) is 0 Å². The predicted molar refractivity (Wildman–Crippen MR) is 123 cm³/mol. The van der Waals surface area contributed by atoms with Gasteiger partial charge in [0.2, 0.25) is 5.91 Å². The van der Waals surface area contributed by atoms with Crippen LogP contribution in [0.1, 0.15) is 41.9 Å². The number of halogens is 4. The van der Waals surface area contributed by atoms with Crippen LogP contribution in [0, 0.1) is 12.7 Å². The number of alkyl halides is 1. The molecule has 30 heavy (non-hydrogen) atoms. The molecule has 1 fully saturated rings. The second-order valence-corrected chi connectivity index (χ2v) is 9.90. The molecule has 3 nitrogen and oxygen atoms in total. The molecule has 1 saturated heterocycles. The number of benzene rings is 2. The number of nitrogens with zero attached hydrogens (tertiary/aromatic N) is 1. The molecule has 0 bridgehead atoms. The summed E-state index contributed by atoms with van der Waals surface area (Å²) in [5.74, 6) is -1.09. The summed E-state index contributed by atoms with van der Waals surface area (Å²) in [5, 5.41) is 3.19. The van der Waals surface area contributed by atoms with Crippen LogP contribution in [0.2, 0.25) is 0 Å². The lowest BCUT2D eigenvalue weighted by atomic mass is 9.74. The van der Waals surface area contributed by atoms with Gasteiger partial charge >= 0.3 is 0 Å². The Morgan fingerprint density at radius 2 is 1.80 bits per heavy atom. The minimum atomic E-state index is -1.50. The van der Waals surface area contributed by atoms with Gasteiger partial charge in [-0.1, -0.05) is 37.9 Å². The highest BCUT2D eigenvalue weighted by atomic mass is 79.9. The number of rotatable bonds is 6. The first kappa shape index (κ1) is 23.4. The summed E-state index contributed by atoms with van der Waals surface area (Å²) in [7, 11) is 1.74. The van der Waals surface area contributed by atoms with Crippen molar-refractivity contribution in [2.24, 2.45) is 0 Å². The molecule has 0 saturated carbocycles. The quantitative estimate of drug-likeness (QED) is 0.493. The van der Waals surface area contributed by atoms with Gasteiger partial charge in [0.25, 0.3) is 0 Å². The van der Waals surface area contributed by atoms with Gasteiger partial charge in [-0.05, 0) is 79.9 Å². The van der Waals surface area contributed by atoms with E-state index in [4.69, 9.17) is 0 Å². The summed E-state index contributed by atoms with van der Waals surface area (Å²) in [6.45, 7) is 3.35. The van der Waals surface area contributed by atoms with Crippen LogP contribution >= 0.6 is 31.9 Å². The fourth-order valence-electron chi connectivity index (χ4n) is 4.19. The summed E-state index contributed by atoms with van der Waals surface area (Å²) in [6, 6.07) is 10.3. The molecule has 0 radical (unpaired) electrons. The third-order valence-electron chi connectivity index (χ3n) is 5.81. The molecule has 1 amide bonds. The van der Waals surface area contributed by atoms with Crippen LogP contribution in [0.15, 0.2) is 45.3 Å². The monoisotopic (exact) mass is 542 g/mol. The van der Waals surface area contributed by atoms with Gasteiger partial charge in [0, 0.05) is 34.9 Å². The number of carbonyl (C=O) groups is 1. The van der Waals surface area contributed by atoms with Gasteiger partial charge < -0.3 is 10.2 Å². The Labute approximate surface area is 193 Å². The van der Waals surface area contributed by atoms with Crippen molar-refractivity contribution in [2.75, 3.05) is 20.1 Å². The molecule has 162 valence electrons. The van der Waals surface area contributed by atoms with E-state index < -0.39 is 11.6 Å². The van der Waals surface area contributed by atoms with Gasteiger partial charge in [0.05, 0.1) is 0 Å². The number of amides is 1. The number of nitrogens with one attached hydrogen (secondary N) is 1. The van der Waals surface area contributed by atoms with Crippen LogP contribution in [0.5, 0.6) is 0 Å². The molecule has 0 aromatic heterocycles. The van der Waals surface area contributed by atoms with Gasteiger partial charge in [0.15, 0.2) is 0 Å². The van der Waals surface area contributed by atoms with E-state index in [1.54, 1.807) is 24.9 Å². The van der Waals surface area contributed by atoms with E-state index in [9.17, 15) is 9.18 Å². The zero-order chi connectivity index (χ0) is 21.9. The maximum Gasteiger partial charge on any atom is 0.223 e. The lowest BCUT2D eigenvalue weighted by Gasteiger charge is -2.38. The fraction of sp³-hybridized carbons (Fsp3) is 0.435. The Hall–Kier alpha value is -1.31. The Kier molecular flexibility index (Phi) is 7.69. The summed E-state index contributed by atoms with van der Waals surface area (Å²) >= 11 is 6.93. The highest BCUT2D eigenvalue weighted by Gasteiger charge is 2.42. The standard InChI is InChI=1S/C23H26Br2F2N2O/c1-15-9-19(26)3-4-20(15)21(23(27)5-7-28-8-6-23)13-22(30)29(2)14-16-10-17(24)12-18(25)11-16/h3-4,9-12,21,28H,5-8,13-14H2,1-2H3. The van der Waals surface area contributed by atoms with Crippen molar-refractivity contribution in [2.45, 2.75) is 44.3 Å². The highest BCUT2D eigenvalue weighted by molar-refractivity contribution is 9.11. The SMILES string of the molecule is Cc1cc(F)ccc1C(CC(=O)N(C)Cc1cc(Br)cc(Br)c1)C1(F)CCNCC1. The van der Waals surface area contributed by atoms with Gasteiger partial charge in [0.1, 0.15) is 11.5 Å². The first-order valence-electron chi connectivity index (χ1n) is 10.0. The van der Waals surface area contributed by atoms with E-state index in [-0.39, 0.29) is 18.1 Å². The summed E-state index contributed by atoms with van der Waals surface area (Å²) in [5.41, 5.74) is 0.872. The van der Waals surface area contributed by atoms with Gasteiger partial charge in [-0.3, -0.25) is 4.79 Å². The maximum atomic E-state index is 16.0. The minimum Gasteiger partial charge on any atom is -0.341 e. The number of hydrogen-bond donors (Lipinski definition) is 1. The van der Waals surface area contributed by atoms with E-state index in [2.05, 4.69) is 37.2 Å². The van der Waals surface area contributed by atoms with Crippen molar-refractivity contribution < 1.29 is 13.6 Å². The van der Waals surface area contributed by atoms with E-state index in [1.165, 1.54) is 12.1 Å². The minimum absolute atomic E-state index is 0.0502. The predicted octanol–water partition coefficient (Wildman–Crippen LogP) is 5.88. The van der Waals surface area contributed by atoms with E-state index >= 15 is 4.39 Å². The van der Waals surface area contributed by atoms with Gasteiger partial charge in [-0.25, -0.2) is 8.78 Å². The molecule has 1 aliphatic heterocycles. The Morgan fingerprint density at radius 1 is 1.17 bits per heavy atom. The zero-order valence-corrected chi connectivity index (χ0v) is 20.3. The van der Waals surface area contributed by atoms with E-state index in [0.29, 0.717) is 43.6 Å². The molecule has 1 unspecified atom stereocenters. The van der Waals surface area contributed by atoms with Crippen molar-refractivity contribution in [1.82, 2.24) is 10.2 Å². The molecular formula is C23H26Br2F2N2O. The lowest BCUT2D eigenvalue weighted by molar-refractivity contribution is -0.132. The maximum absolute atomic E-state index is 16.0. The molecule has 1 atom stereocenters. The van der Waals surface area contributed by atoms with Crippen LogP contribution in [0.4, 0.5) is 8.78 Å². The van der Waals surface area contributed by atoms with Crippen molar-refractivity contribution in [1.29, 1.82) is 0 Å². The average Bonchev–Trinajstić information content (AvgIpc) is 2.66. The lowest BCUT2D eigenvalue weighted by Crippen LogP contribution is -2.44. The molecule has 1 heterocycles. The van der Waals surface area contributed by atoms with Crippen molar-refractivity contribution in [3.8, 4) is 0 Å². The second kappa shape index (κ2) is 9.88. The third-order valence-corrected chi connectivity index (χ3v) is 6.73. The zero-order valence-electron chi connectivity index (χ0n) is 17.2. The molecule has 1 N–H and O–H groups in total. The smallest absolute Gasteiger partial charge is 0.223 e. The molecule has 0 aliphatic carbocycles. The average molecular weight is 544 g/mol. The van der Waals surface area contributed by atoms with Gasteiger partial charge in [-0.2, -0.15) is 0 Å². The molecule has 3 rings (SSSR count). The molecule has 2 aromatic rings. The number of aryl methyl sites for hydroxylation is 1. The molecule has 1 aliphatic rings. The molecule has 7 heteroatoms. The Bertz CT molecular complexity index is 896. The fourth-order valence-corrected chi connectivity index (χ4v) is 5.58. The molecule has 0 spiro atoms. The summed E-state index contributed by atoms with van der Waals surface area (Å²) in [4.78, 5) is 14.7. The van der Waals surface area contributed by atoms with Crippen LogP contribution < -0.4 is 5.32 Å². The van der Waals surface area contributed by atoms with Crippen molar-refractivity contribution in [3.05, 3.63) is 67.9 Å². The third kappa shape index (κ3) is 5.68. The van der Waals surface area contributed by atoms with Crippen LogP contribution in [0.3, 0.4) is 0 Å². The Morgan fingerprint density at radius 3 is 2.40 bits per heavy atom. The highest BCUT2D eigenvalue weighted by Crippen LogP contribution is 2.42. The molecule has 2 aromatic carbocycles. The number of hydrogen-bond acceptors (Lipinski definition) is 2. The summed E-state index contributed by atoms with van der Waals surface area (Å²) in [6.07, 6.45) is 0.725. The topological polar surface area (TPSA) is 32.3 Å². The first-order valence-corrected chi connectivity index (χ1v) is 11.6. The first-order chi connectivity index (χ1) is 14.2. The van der Waals surface area contributed by atoms with E-state index in [0.717, 1.165) is 14.5 Å².